The Morgan fingerprint density at radius 3 is 2.89 bits per heavy atom. The summed E-state index contributed by atoms with van der Waals surface area (Å²) in [5, 5.41) is 3.05. The highest BCUT2D eigenvalue weighted by Crippen LogP contribution is 2.16. The van der Waals surface area contributed by atoms with Crippen LogP contribution in [-0.4, -0.2) is 15.9 Å². The second-order valence-corrected chi connectivity index (χ2v) is 4.15. The fourth-order valence-corrected chi connectivity index (χ4v) is 1.68. The number of aromatic nitrogens is 2. The molecule has 0 fully saturated rings. The Bertz CT molecular complexity index is 612. The van der Waals surface area contributed by atoms with Gasteiger partial charge in [0.15, 0.2) is 0 Å². The third kappa shape index (κ3) is 2.98. The van der Waals surface area contributed by atoms with Gasteiger partial charge in [-0.15, -0.1) is 0 Å². The monoisotopic (exact) mass is 257 g/mol. The molecule has 2 heterocycles. The van der Waals surface area contributed by atoms with E-state index in [9.17, 15) is 4.79 Å². The van der Waals surface area contributed by atoms with E-state index in [1.165, 1.54) is 12.3 Å². The lowest BCUT2D eigenvalue weighted by atomic mass is 10.2. The fraction of sp³-hybridized carbons (Fsp3) is 0.154. The number of nitrogens with one attached hydrogen (secondary N) is 1. The zero-order chi connectivity index (χ0) is 13.8. The van der Waals surface area contributed by atoms with E-state index < -0.39 is 5.91 Å². The molecule has 5 N–H and O–H groups in total. The fourth-order valence-electron chi connectivity index (χ4n) is 1.68. The summed E-state index contributed by atoms with van der Waals surface area (Å²) in [4.78, 5) is 19.7. The van der Waals surface area contributed by atoms with Crippen molar-refractivity contribution in [3.8, 4) is 0 Å². The first-order chi connectivity index (χ1) is 9.08. The van der Waals surface area contributed by atoms with E-state index in [1.54, 1.807) is 6.20 Å². The SMILES string of the molecule is Cc1cccnc1CNc1ncc(N)cc1C(N)=O. The Morgan fingerprint density at radius 2 is 2.21 bits per heavy atom. The Kier molecular flexibility index (Phi) is 3.61. The van der Waals surface area contributed by atoms with Crippen LogP contribution in [-0.2, 0) is 6.54 Å². The molecule has 0 unspecified atom stereocenters. The number of hydrogen-bond acceptors (Lipinski definition) is 5. The summed E-state index contributed by atoms with van der Waals surface area (Å²) in [5.41, 5.74) is 13.5. The van der Waals surface area contributed by atoms with Crippen molar-refractivity contribution in [2.24, 2.45) is 5.73 Å². The molecule has 0 radical (unpaired) electrons. The molecule has 2 aromatic heterocycles. The van der Waals surface area contributed by atoms with Gasteiger partial charge in [-0.05, 0) is 24.6 Å². The van der Waals surface area contributed by atoms with E-state index in [0.29, 0.717) is 18.1 Å². The maximum atomic E-state index is 11.3. The first-order valence-electron chi connectivity index (χ1n) is 5.77. The quantitative estimate of drug-likeness (QED) is 0.759. The molecular weight excluding hydrogens is 242 g/mol. The second-order valence-electron chi connectivity index (χ2n) is 4.15. The van der Waals surface area contributed by atoms with Gasteiger partial charge in [-0.3, -0.25) is 9.78 Å². The number of carbonyl (C=O) groups excluding carboxylic acids is 1. The van der Waals surface area contributed by atoms with Crippen molar-refractivity contribution in [1.82, 2.24) is 9.97 Å². The highest BCUT2D eigenvalue weighted by atomic mass is 16.1. The number of pyridine rings is 2. The molecule has 1 amide bonds. The summed E-state index contributed by atoms with van der Waals surface area (Å²) >= 11 is 0. The minimum atomic E-state index is -0.569. The number of anilines is 2. The van der Waals surface area contributed by atoms with Crippen molar-refractivity contribution in [3.63, 3.8) is 0 Å². The van der Waals surface area contributed by atoms with Gasteiger partial charge in [0.25, 0.3) is 5.91 Å². The molecule has 0 saturated carbocycles. The molecule has 98 valence electrons. The zero-order valence-corrected chi connectivity index (χ0v) is 10.6. The topological polar surface area (TPSA) is 107 Å². The van der Waals surface area contributed by atoms with Gasteiger partial charge in [-0.2, -0.15) is 0 Å². The van der Waals surface area contributed by atoms with Crippen LogP contribution in [0.25, 0.3) is 0 Å². The van der Waals surface area contributed by atoms with Crippen molar-refractivity contribution in [3.05, 3.63) is 47.4 Å². The Balaban J connectivity index is 2.20. The maximum absolute atomic E-state index is 11.3. The number of primary amides is 1. The van der Waals surface area contributed by atoms with Crippen molar-refractivity contribution in [2.45, 2.75) is 13.5 Å². The summed E-state index contributed by atoms with van der Waals surface area (Å²) in [6.07, 6.45) is 3.19. The van der Waals surface area contributed by atoms with E-state index in [0.717, 1.165) is 11.3 Å². The number of hydrogen-bond donors (Lipinski definition) is 3. The van der Waals surface area contributed by atoms with Gasteiger partial charge in [0.05, 0.1) is 29.7 Å². The second kappa shape index (κ2) is 5.34. The molecule has 2 aromatic rings. The van der Waals surface area contributed by atoms with Crippen LogP contribution in [0.2, 0.25) is 0 Å². The minimum Gasteiger partial charge on any atom is -0.397 e. The summed E-state index contributed by atoms with van der Waals surface area (Å²) in [7, 11) is 0. The van der Waals surface area contributed by atoms with Gasteiger partial charge >= 0.3 is 0 Å². The van der Waals surface area contributed by atoms with Crippen LogP contribution in [0.4, 0.5) is 11.5 Å². The molecule has 0 aromatic carbocycles. The highest BCUT2D eigenvalue weighted by Gasteiger charge is 2.10. The largest absolute Gasteiger partial charge is 0.397 e. The van der Waals surface area contributed by atoms with Crippen molar-refractivity contribution >= 4 is 17.4 Å². The van der Waals surface area contributed by atoms with E-state index in [2.05, 4.69) is 15.3 Å². The number of aryl methyl sites for hydroxylation is 1. The van der Waals surface area contributed by atoms with Gasteiger partial charge in [-0.25, -0.2) is 4.98 Å². The average molecular weight is 257 g/mol. The smallest absolute Gasteiger partial charge is 0.252 e. The van der Waals surface area contributed by atoms with E-state index in [1.807, 2.05) is 19.1 Å². The lowest BCUT2D eigenvalue weighted by molar-refractivity contribution is 0.100. The Hall–Kier alpha value is -2.63. The standard InChI is InChI=1S/C13H15N5O/c1-8-3-2-4-16-11(8)7-18-13-10(12(15)19)5-9(14)6-17-13/h2-6H,7,14H2,1H3,(H2,15,19)(H,17,18). The highest BCUT2D eigenvalue weighted by molar-refractivity contribution is 5.98. The molecule has 0 aliphatic heterocycles. The number of rotatable bonds is 4. The van der Waals surface area contributed by atoms with Gasteiger partial charge in [0, 0.05) is 6.20 Å². The van der Waals surface area contributed by atoms with Gasteiger partial charge in [0.1, 0.15) is 5.82 Å². The number of amides is 1. The van der Waals surface area contributed by atoms with Crippen LogP contribution in [0, 0.1) is 6.92 Å². The lowest BCUT2D eigenvalue weighted by Gasteiger charge is -2.10. The number of nitrogens with two attached hydrogens (primary N) is 2. The third-order valence-corrected chi connectivity index (χ3v) is 2.72. The molecular formula is C13H15N5O. The number of nitrogen functional groups attached to an aromatic ring is 1. The summed E-state index contributed by atoms with van der Waals surface area (Å²) in [6.45, 7) is 2.43. The van der Waals surface area contributed by atoms with Crippen molar-refractivity contribution in [1.29, 1.82) is 0 Å². The van der Waals surface area contributed by atoms with Crippen LogP contribution in [0.1, 0.15) is 21.6 Å². The Morgan fingerprint density at radius 1 is 1.42 bits per heavy atom. The normalized spacial score (nSPS) is 10.2. The predicted molar refractivity (Wildman–Crippen MR) is 73.5 cm³/mol. The summed E-state index contributed by atoms with van der Waals surface area (Å²) in [6, 6.07) is 5.34. The van der Waals surface area contributed by atoms with E-state index in [4.69, 9.17) is 11.5 Å². The number of nitrogens with zero attached hydrogens (tertiary/aromatic N) is 2. The molecule has 0 saturated heterocycles. The molecule has 0 spiro atoms. The third-order valence-electron chi connectivity index (χ3n) is 2.72. The summed E-state index contributed by atoms with van der Waals surface area (Å²) < 4.78 is 0. The van der Waals surface area contributed by atoms with Gasteiger partial charge < -0.3 is 16.8 Å². The van der Waals surface area contributed by atoms with E-state index in [-0.39, 0.29) is 5.56 Å². The van der Waals surface area contributed by atoms with Gasteiger partial charge in [0.2, 0.25) is 0 Å². The zero-order valence-electron chi connectivity index (χ0n) is 10.6. The molecule has 6 heteroatoms. The molecule has 0 aliphatic carbocycles. The molecule has 0 atom stereocenters. The first kappa shape index (κ1) is 12.8. The lowest BCUT2D eigenvalue weighted by Crippen LogP contribution is -2.16. The predicted octanol–water partition coefficient (Wildman–Crippen LogP) is 1.08. The first-order valence-corrected chi connectivity index (χ1v) is 5.77. The Labute approximate surface area is 110 Å². The minimum absolute atomic E-state index is 0.272. The van der Waals surface area contributed by atoms with Crippen LogP contribution < -0.4 is 16.8 Å². The molecule has 6 nitrogen and oxygen atoms in total. The molecule has 2 rings (SSSR count). The maximum Gasteiger partial charge on any atom is 0.252 e. The molecule has 0 aliphatic rings. The summed E-state index contributed by atoms with van der Waals surface area (Å²) in [5.74, 6) is -0.160. The number of carbonyl (C=O) groups is 1. The van der Waals surface area contributed by atoms with Crippen LogP contribution in [0.5, 0.6) is 0 Å². The van der Waals surface area contributed by atoms with E-state index >= 15 is 0 Å². The van der Waals surface area contributed by atoms with Gasteiger partial charge in [-0.1, -0.05) is 6.07 Å². The van der Waals surface area contributed by atoms with Crippen LogP contribution >= 0.6 is 0 Å². The molecule has 19 heavy (non-hydrogen) atoms. The van der Waals surface area contributed by atoms with Crippen molar-refractivity contribution in [2.75, 3.05) is 11.1 Å². The average Bonchev–Trinajstić information content (AvgIpc) is 2.38. The molecule has 0 bridgehead atoms. The van der Waals surface area contributed by atoms with Crippen LogP contribution in [0.3, 0.4) is 0 Å². The van der Waals surface area contributed by atoms with Crippen molar-refractivity contribution < 1.29 is 4.79 Å². The van der Waals surface area contributed by atoms with Crippen LogP contribution in [0.15, 0.2) is 30.6 Å².